The zero-order chi connectivity index (χ0) is 12.3. The van der Waals surface area contributed by atoms with Gasteiger partial charge in [-0.05, 0) is 6.92 Å². The number of piperazine rings is 1. The number of aromatic nitrogens is 3. The Morgan fingerprint density at radius 1 is 1.29 bits per heavy atom. The number of nitrogens with two attached hydrogens (primary N) is 1. The first-order valence-corrected chi connectivity index (χ1v) is 5.81. The molecule has 1 fully saturated rings. The van der Waals surface area contributed by atoms with Crippen molar-refractivity contribution in [3.05, 3.63) is 16.0 Å². The summed E-state index contributed by atoms with van der Waals surface area (Å²) >= 11 is 0. The van der Waals surface area contributed by atoms with E-state index >= 15 is 0 Å². The van der Waals surface area contributed by atoms with E-state index < -0.39 is 0 Å². The Labute approximate surface area is 99.6 Å². The summed E-state index contributed by atoms with van der Waals surface area (Å²) in [5.74, 6) is 0.563. The van der Waals surface area contributed by atoms with Gasteiger partial charge in [-0.3, -0.25) is 14.7 Å². The Morgan fingerprint density at radius 3 is 2.59 bits per heavy atom. The molecule has 1 aromatic rings. The van der Waals surface area contributed by atoms with Crippen molar-refractivity contribution in [3.8, 4) is 0 Å². The van der Waals surface area contributed by atoms with E-state index in [4.69, 9.17) is 5.73 Å². The molecule has 0 saturated carbocycles. The van der Waals surface area contributed by atoms with Crippen LogP contribution in [0.3, 0.4) is 0 Å². The first-order valence-electron chi connectivity index (χ1n) is 5.81. The molecule has 0 aromatic carbocycles. The summed E-state index contributed by atoms with van der Waals surface area (Å²) in [4.78, 5) is 18.5. The number of H-pyrrole nitrogens is 1. The fraction of sp³-hybridized carbons (Fsp3) is 0.700. The van der Waals surface area contributed by atoms with E-state index in [0.717, 1.165) is 32.7 Å². The predicted molar refractivity (Wildman–Crippen MR) is 65.1 cm³/mol. The third-order valence-corrected chi connectivity index (χ3v) is 2.97. The highest BCUT2D eigenvalue weighted by Crippen LogP contribution is 2.07. The number of anilines is 1. The maximum absolute atomic E-state index is 11.4. The standard InChI is InChI=1S/C10H18N6O/c1-8-9(17)12-10(14-13-8)16-6-4-15(3-2-11)5-7-16/h2-7,11H2,1H3,(H,12,14,17). The van der Waals surface area contributed by atoms with Crippen molar-refractivity contribution in [1.29, 1.82) is 0 Å². The van der Waals surface area contributed by atoms with Crippen molar-refractivity contribution in [2.45, 2.75) is 6.92 Å². The van der Waals surface area contributed by atoms with Crippen molar-refractivity contribution >= 4 is 5.95 Å². The van der Waals surface area contributed by atoms with E-state index in [1.54, 1.807) is 6.92 Å². The molecule has 0 bridgehead atoms. The summed E-state index contributed by atoms with van der Waals surface area (Å²) < 4.78 is 0. The molecule has 1 saturated heterocycles. The van der Waals surface area contributed by atoms with E-state index in [9.17, 15) is 4.79 Å². The average molecular weight is 238 g/mol. The van der Waals surface area contributed by atoms with Gasteiger partial charge in [0.05, 0.1) is 0 Å². The molecule has 0 spiro atoms. The molecule has 0 radical (unpaired) electrons. The molecule has 94 valence electrons. The summed E-state index contributed by atoms with van der Waals surface area (Å²) in [7, 11) is 0. The highest BCUT2D eigenvalue weighted by atomic mass is 16.1. The lowest BCUT2D eigenvalue weighted by atomic mass is 10.3. The molecule has 0 atom stereocenters. The molecule has 7 heteroatoms. The Bertz CT molecular complexity index is 423. The van der Waals surface area contributed by atoms with Gasteiger partial charge in [-0.2, -0.15) is 0 Å². The second-order valence-corrected chi connectivity index (χ2v) is 4.18. The molecule has 2 rings (SSSR count). The fourth-order valence-corrected chi connectivity index (χ4v) is 1.89. The smallest absolute Gasteiger partial charge is 0.273 e. The lowest BCUT2D eigenvalue weighted by Gasteiger charge is -2.34. The lowest BCUT2D eigenvalue weighted by molar-refractivity contribution is 0.263. The van der Waals surface area contributed by atoms with Crippen molar-refractivity contribution in [2.75, 3.05) is 44.2 Å². The molecular weight excluding hydrogens is 220 g/mol. The van der Waals surface area contributed by atoms with Crippen molar-refractivity contribution in [1.82, 2.24) is 20.1 Å². The van der Waals surface area contributed by atoms with Gasteiger partial charge in [-0.25, -0.2) is 0 Å². The number of hydrogen-bond acceptors (Lipinski definition) is 6. The van der Waals surface area contributed by atoms with Crippen LogP contribution >= 0.6 is 0 Å². The number of nitrogens with one attached hydrogen (secondary N) is 1. The van der Waals surface area contributed by atoms with E-state index in [1.165, 1.54) is 0 Å². The highest BCUT2D eigenvalue weighted by molar-refractivity contribution is 5.28. The average Bonchev–Trinajstić information content (AvgIpc) is 2.34. The lowest BCUT2D eigenvalue weighted by Crippen LogP contribution is -2.48. The number of nitrogens with zero attached hydrogens (tertiary/aromatic N) is 4. The van der Waals surface area contributed by atoms with E-state index in [-0.39, 0.29) is 5.56 Å². The molecule has 17 heavy (non-hydrogen) atoms. The van der Waals surface area contributed by atoms with Gasteiger partial charge in [-0.1, -0.05) is 0 Å². The molecule has 1 aliphatic heterocycles. The zero-order valence-electron chi connectivity index (χ0n) is 10.0. The van der Waals surface area contributed by atoms with Gasteiger partial charge >= 0.3 is 0 Å². The second kappa shape index (κ2) is 5.24. The quantitative estimate of drug-likeness (QED) is 0.670. The first kappa shape index (κ1) is 12.0. The van der Waals surface area contributed by atoms with Gasteiger partial charge in [-0.15, -0.1) is 10.2 Å². The molecule has 3 N–H and O–H groups in total. The van der Waals surface area contributed by atoms with Crippen LogP contribution in [0.2, 0.25) is 0 Å². The largest absolute Gasteiger partial charge is 0.338 e. The van der Waals surface area contributed by atoms with Crippen LogP contribution in [-0.2, 0) is 0 Å². The fourth-order valence-electron chi connectivity index (χ4n) is 1.89. The second-order valence-electron chi connectivity index (χ2n) is 4.18. The van der Waals surface area contributed by atoms with Crippen LogP contribution in [0.4, 0.5) is 5.95 Å². The minimum absolute atomic E-state index is 0.167. The number of rotatable bonds is 3. The van der Waals surface area contributed by atoms with Crippen molar-refractivity contribution in [3.63, 3.8) is 0 Å². The molecule has 2 heterocycles. The van der Waals surface area contributed by atoms with E-state index in [1.807, 2.05) is 4.90 Å². The van der Waals surface area contributed by atoms with Gasteiger partial charge in [0.1, 0.15) is 5.69 Å². The number of aromatic amines is 1. The molecule has 0 unspecified atom stereocenters. The van der Waals surface area contributed by atoms with Gasteiger partial charge in [0, 0.05) is 39.3 Å². The van der Waals surface area contributed by atoms with Crippen LogP contribution in [-0.4, -0.2) is 59.3 Å². The van der Waals surface area contributed by atoms with E-state index in [2.05, 4.69) is 20.1 Å². The highest BCUT2D eigenvalue weighted by Gasteiger charge is 2.18. The third kappa shape index (κ3) is 2.80. The Hall–Kier alpha value is -1.47. The molecule has 1 aromatic heterocycles. The molecule has 1 aliphatic rings. The summed E-state index contributed by atoms with van der Waals surface area (Å²) in [5.41, 5.74) is 5.75. The van der Waals surface area contributed by atoms with Crippen LogP contribution in [0.5, 0.6) is 0 Å². The molecule has 0 aliphatic carbocycles. The summed E-state index contributed by atoms with van der Waals surface area (Å²) in [6.07, 6.45) is 0. The number of aryl methyl sites for hydroxylation is 1. The minimum Gasteiger partial charge on any atom is -0.338 e. The Kier molecular flexibility index (Phi) is 3.70. The van der Waals surface area contributed by atoms with Gasteiger partial charge in [0.2, 0.25) is 5.95 Å². The Balaban J connectivity index is 2.00. The van der Waals surface area contributed by atoms with Crippen LogP contribution in [0.15, 0.2) is 4.79 Å². The third-order valence-electron chi connectivity index (χ3n) is 2.97. The van der Waals surface area contributed by atoms with Crippen molar-refractivity contribution in [2.24, 2.45) is 5.73 Å². The van der Waals surface area contributed by atoms with Crippen LogP contribution < -0.4 is 16.2 Å². The summed E-state index contributed by atoms with van der Waals surface area (Å²) in [5, 5.41) is 7.85. The monoisotopic (exact) mass is 238 g/mol. The van der Waals surface area contributed by atoms with Crippen molar-refractivity contribution < 1.29 is 0 Å². The van der Waals surface area contributed by atoms with Gasteiger partial charge < -0.3 is 10.6 Å². The molecular formula is C10H18N6O. The van der Waals surface area contributed by atoms with Crippen LogP contribution in [0.25, 0.3) is 0 Å². The predicted octanol–water partition coefficient (Wildman–Crippen LogP) is -1.45. The summed E-state index contributed by atoms with van der Waals surface area (Å²) in [6, 6.07) is 0. The van der Waals surface area contributed by atoms with Gasteiger partial charge in [0.15, 0.2) is 0 Å². The molecule has 0 amide bonds. The normalized spacial score (nSPS) is 17.4. The van der Waals surface area contributed by atoms with Crippen LogP contribution in [0.1, 0.15) is 5.69 Å². The SMILES string of the molecule is Cc1nnc(N2CCN(CCN)CC2)[nH]c1=O. The molecule has 7 nitrogen and oxygen atoms in total. The minimum atomic E-state index is -0.167. The van der Waals surface area contributed by atoms with Crippen LogP contribution in [0, 0.1) is 6.92 Å². The summed E-state index contributed by atoms with van der Waals surface area (Å²) in [6.45, 7) is 6.81. The van der Waals surface area contributed by atoms with E-state index in [0.29, 0.717) is 18.2 Å². The first-order chi connectivity index (χ1) is 8.20. The maximum Gasteiger partial charge on any atom is 0.273 e. The topological polar surface area (TPSA) is 91.1 Å². The van der Waals surface area contributed by atoms with Gasteiger partial charge in [0.25, 0.3) is 5.56 Å². The number of hydrogen-bond donors (Lipinski definition) is 2. The Morgan fingerprint density at radius 2 is 2.00 bits per heavy atom. The maximum atomic E-state index is 11.4. The zero-order valence-corrected chi connectivity index (χ0v) is 10.0.